The van der Waals surface area contributed by atoms with E-state index in [1.54, 1.807) is 0 Å². The van der Waals surface area contributed by atoms with Crippen LogP contribution in [0.1, 0.15) is 38.8 Å². The Kier molecular flexibility index (Phi) is 6.22. The lowest BCUT2D eigenvalue weighted by Crippen LogP contribution is -2.22. The van der Waals surface area contributed by atoms with Crippen LogP contribution in [-0.2, 0) is 4.79 Å². The van der Waals surface area contributed by atoms with Crippen LogP contribution in [-0.4, -0.2) is 17.7 Å². The van der Waals surface area contributed by atoms with Gasteiger partial charge in [-0.1, -0.05) is 19.1 Å². The van der Waals surface area contributed by atoms with E-state index in [4.69, 9.17) is 5.73 Å². The number of rotatable bonds is 7. The Balaban J connectivity index is 2.69. The number of benzene rings is 1. The van der Waals surface area contributed by atoms with Crippen LogP contribution < -0.4 is 11.1 Å². The molecule has 3 nitrogen and oxygen atoms in total. The molecule has 0 heterocycles. The number of nitrogens with two attached hydrogens (primary N) is 1. The lowest BCUT2D eigenvalue weighted by Gasteiger charge is -2.15. The molecule has 0 saturated heterocycles. The fraction of sp³-hybridized carbons (Fsp3) is 0.500. The Morgan fingerprint density at radius 1 is 1.44 bits per heavy atom. The third kappa shape index (κ3) is 4.70. The highest BCUT2D eigenvalue weighted by atomic mass is 32.2. The van der Waals surface area contributed by atoms with Crippen molar-refractivity contribution in [3.63, 3.8) is 0 Å². The van der Waals surface area contributed by atoms with Crippen LogP contribution in [0, 0.1) is 0 Å². The number of nitrogens with one attached hydrogen (secondary N) is 1. The Hall–Kier alpha value is -1.00. The second-order valence-corrected chi connectivity index (χ2v) is 5.82. The minimum Gasteiger partial charge on any atom is -0.369 e. The van der Waals surface area contributed by atoms with Gasteiger partial charge in [-0.15, -0.1) is 11.8 Å². The standard InChI is InChI=1S/C14H22N2OS/c1-4-8-16-10(2)12-6-5-7-13(9-12)18-11(3)14(15)17/h5-7,9-11,16H,4,8H2,1-3H3,(H2,15,17). The van der Waals surface area contributed by atoms with Gasteiger partial charge in [0.25, 0.3) is 0 Å². The van der Waals surface area contributed by atoms with Gasteiger partial charge in [0.2, 0.25) is 5.91 Å². The van der Waals surface area contributed by atoms with Crippen LogP contribution in [0.4, 0.5) is 0 Å². The Morgan fingerprint density at radius 3 is 2.78 bits per heavy atom. The number of amides is 1. The summed E-state index contributed by atoms with van der Waals surface area (Å²) >= 11 is 1.50. The van der Waals surface area contributed by atoms with Gasteiger partial charge < -0.3 is 11.1 Å². The fourth-order valence-corrected chi connectivity index (χ4v) is 2.48. The zero-order valence-corrected chi connectivity index (χ0v) is 12.1. The quantitative estimate of drug-likeness (QED) is 0.746. The van der Waals surface area contributed by atoms with E-state index in [0.717, 1.165) is 17.9 Å². The van der Waals surface area contributed by atoms with Gasteiger partial charge in [0.05, 0.1) is 5.25 Å². The maximum absolute atomic E-state index is 11.1. The van der Waals surface area contributed by atoms with Crippen molar-refractivity contribution in [1.82, 2.24) is 5.32 Å². The summed E-state index contributed by atoms with van der Waals surface area (Å²) in [6, 6.07) is 8.59. The molecule has 1 aromatic rings. The third-order valence-electron chi connectivity index (χ3n) is 2.77. The molecule has 0 saturated carbocycles. The number of thioether (sulfide) groups is 1. The number of carbonyl (C=O) groups is 1. The zero-order valence-electron chi connectivity index (χ0n) is 11.3. The van der Waals surface area contributed by atoms with Crippen LogP contribution >= 0.6 is 11.8 Å². The smallest absolute Gasteiger partial charge is 0.230 e. The van der Waals surface area contributed by atoms with Crippen LogP contribution in [0.15, 0.2) is 29.2 Å². The predicted molar refractivity (Wildman–Crippen MR) is 77.7 cm³/mol. The summed E-state index contributed by atoms with van der Waals surface area (Å²) in [6.45, 7) is 7.14. The van der Waals surface area contributed by atoms with Crippen molar-refractivity contribution in [2.75, 3.05) is 6.54 Å². The van der Waals surface area contributed by atoms with Crippen LogP contribution in [0.25, 0.3) is 0 Å². The van der Waals surface area contributed by atoms with Gasteiger partial charge in [-0.3, -0.25) is 4.79 Å². The number of hydrogen-bond donors (Lipinski definition) is 2. The molecule has 0 fully saturated rings. The predicted octanol–water partition coefficient (Wildman–Crippen LogP) is 2.71. The second-order valence-electron chi connectivity index (χ2n) is 4.41. The molecule has 1 rings (SSSR count). The molecule has 1 aromatic carbocycles. The molecular weight excluding hydrogens is 244 g/mol. The van der Waals surface area contributed by atoms with E-state index in [9.17, 15) is 4.79 Å². The molecule has 0 spiro atoms. The van der Waals surface area contributed by atoms with E-state index in [1.165, 1.54) is 17.3 Å². The first-order valence-corrected chi connectivity index (χ1v) is 7.22. The van der Waals surface area contributed by atoms with Gasteiger partial charge in [-0.2, -0.15) is 0 Å². The molecule has 0 aliphatic heterocycles. The molecular formula is C14H22N2OS. The van der Waals surface area contributed by atoms with Gasteiger partial charge in [0.1, 0.15) is 0 Å². The molecule has 4 heteroatoms. The normalized spacial score (nSPS) is 14.2. The van der Waals surface area contributed by atoms with Crippen LogP contribution in [0.5, 0.6) is 0 Å². The molecule has 0 aliphatic rings. The monoisotopic (exact) mass is 266 g/mol. The lowest BCUT2D eigenvalue weighted by molar-refractivity contribution is -0.117. The lowest BCUT2D eigenvalue weighted by atomic mass is 10.1. The summed E-state index contributed by atoms with van der Waals surface area (Å²) < 4.78 is 0. The third-order valence-corrected chi connectivity index (χ3v) is 3.88. The summed E-state index contributed by atoms with van der Waals surface area (Å²) in [5, 5.41) is 3.26. The largest absolute Gasteiger partial charge is 0.369 e. The molecule has 18 heavy (non-hydrogen) atoms. The van der Waals surface area contributed by atoms with E-state index in [-0.39, 0.29) is 11.2 Å². The maximum atomic E-state index is 11.1. The van der Waals surface area contributed by atoms with Gasteiger partial charge in [-0.05, 0) is 44.5 Å². The molecule has 0 radical (unpaired) electrons. The van der Waals surface area contributed by atoms with E-state index < -0.39 is 0 Å². The molecule has 100 valence electrons. The highest BCUT2D eigenvalue weighted by Gasteiger charge is 2.11. The SMILES string of the molecule is CCCNC(C)c1cccc(SC(C)C(N)=O)c1. The molecule has 2 unspecified atom stereocenters. The van der Waals surface area contributed by atoms with Gasteiger partial charge in [0, 0.05) is 10.9 Å². The van der Waals surface area contributed by atoms with Crippen molar-refractivity contribution < 1.29 is 4.79 Å². The zero-order chi connectivity index (χ0) is 13.5. The minimum absolute atomic E-state index is 0.195. The highest BCUT2D eigenvalue weighted by Crippen LogP contribution is 2.25. The maximum Gasteiger partial charge on any atom is 0.230 e. The minimum atomic E-state index is -0.275. The average Bonchev–Trinajstić information content (AvgIpc) is 2.36. The van der Waals surface area contributed by atoms with Crippen molar-refractivity contribution in [3.8, 4) is 0 Å². The highest BCUT2D eigenvalue weighted by molar-refractivity contribution is 8.00. The van der Waals surface area contributed by atoms with Gasteiger partial charge >= 0.3 is 0 Å². The fourth-order valence-electron chi connectivity index (χ4n) is 1.60. The summed E-state index contributed by atoms with van der Waals surface area (Å²) in [4.78, 5) is 12.1. The number of hydrogen-bond acceptors (Lipinski definition) is 3. The van der Waals surface area contributed by atoms with Gasteiger partial charge in [-0.25, -0.2) is 0 Å². The molecule has 0 aliphatic carbocycles. The number of primary amides is 1. The Morgan fingerprint density at radius 2 is 2.17 bits per heavy atom. The summed E-state index contributed by atoms with van der Waals surface area (Å²) in [5.41, 5.74) is 6.52. The summed E-state index contributed by atoms with van der Waals surface area (Å²) in [6.07, 6.45) is 1.12. The molecule has 0 bridgehead atoms. The number of carbonyl (C=O) groups excluding carboxylic acids is 1. The van der Waals surface area contributed by atoms with Crippen LogP contribution in [0.3, 0.4) is 0 Å². The van der Waals surface area contributed by atoms with E-state index in [1.807, 2.05) is 19.1 Å². The summed E-state index contributed by atoms with van der Waals surface area (Å²) in [7, 11) is 0. The molecule has 3 N–H and O–H groups in total. The first-order chi connectivity index (χ1) is 8.54. The van der Waals surface area contributed by atoms with E-state index in [2.05, 4.69) is 31.3 Å². The van der Waals surface area contributed by atoms with E-state index >= 15 is 0 Å². The first kappa shape index (κ1) is 15.1. The van der Waals surface area contributed by atoms with Crippen molar-refractivity contribution in [1.29, 1.82) is 0 Å². The second kappa shape index (κ2) is 7.44. The summed E-state index contributed by atoms with van der Waals surface area (Å²) in [5.74, 6) is -0.275. The topological polar surface area (TPSA) is 55.1 Å². The average molecular weight is 266 g/mol. The van der Waals surface area contributed by atoms with Gasteiger partial charge in [0.15, 0.2) is 0 Å². The Labute approximate surface area is 114 Å². The van der Waals surface area contributed by atoms with Crippen molar-refractivity contribution >= 4 is 17.7 Å². The molecule has 1 amide bonds. The Bertz CT molecular complexity index is 395. The van der Waals surface area contributed by atoms with Crippen molar-refractivity contribution in [2.24, 2.45) is 5.73 Å². The molecule has 2 atom stereocenters. The van der Waals surface area contributed by atoms with Crippen LogP contribution in [0.2, 0.25) is 0 Å². The van der Waals surface area contributed by atoms with Crippen molar-refractivity contribution in [2.45, 2.75) is 43.4 Å². The van der Waals surface area contributed by atoms with E-state index in [0.29, 0.717) is 6.04 Å². The first-order valence-electron chi connectivity index (χ1n) is 6.34. The van der Waals surface area contributed by atoms with Crippen molar-refractivity contribution in [3.05, 3.63) is 29.8 Å². The molecule has 0 aromatic heterocycles.